The second-order valence-electron chi connectivity index (χ2n) is 3.75. The molecule has 0 saturated carbocycles. The van der Waals surface area contributed by atoms with Crippen LogP contribution in [0.3, 0.4) is 0 Å². The maximum absolute atomic E-state index is 11.1. The van der Waals surface area contributed by atoms with Crippen molar-refractivity contribution in [3.8, 4) is 0 Å². The lowest BCUT2D eigenvalue weighted by Crippen LogP contribution is -2.47. The topological polar surface area (TPSA) is 233 Å². The number of carboxylic acid groups (broad SMARTS) is 5. The van der Waals surface area contributed by atoms with Gasteiger partial charge in [0, 0.05) is 0 Å². The van der Waals surface area contributed by atoms with Crippen LogP contribution in [0.4, 0.5) is 0 Å². The molecule has 0 rings (SSSR count). The molecule has 0 aromatic heterocycles. The van der Waals surface area contributed by atoms with Crippen LogP contribution in [0.25, 0.3) is 0 Å². The summed E-state index contributed by atoms with van der Waals surface area (Å²) in [6, 6.07) is 0. The first kappa shape index (κ1) is 19.5. The first-order valence-corrected chi connectivity index (χ1v) is 5.18. The van der Waals surface area contributed by atoms with Crippen LogP contribution in [0.1, 0.15) is 6.42 Å². The highest BCUT2D eigenvalue weighted by Crippen LogP contribution is 2.26. The van der Waals surface area contributed by atoms with Gasteiger partial charge < -0.3 is 35.4 Å². The number of aliphatic carboxylic acids is 5. The Bertz CT molecular complexity index is 627. The molecule has 0 radical (unpaired) electrons. The van der Waals surface area contributed by atoms with Crippen molar-refractivity contribution in [1.29, 1.82) is 0 Å². The maximum atomic E-state index is 11.1. The van der Waals surface area contributed by atoms with E-state index in [1.165, 1.54) is 0 Å². The van der Waals surface area contributed by atoms with Gasteiger partial charge in [-0.15, -0.1) is 0 Å². The monoisotopic (exact) mass is 336 g/mol. The van der Waals surface area contributed by atoms with E-state index in [2.05, 4.69) is 4.74 Å². The van der Waals surface area contributed by atoms with Gasteiger partial charge in [0.15, 0.2) is 0 Å². The Hall–Kier alpha value is -3.48. The van der Waals surface area contributed by atoms with E-state index in [1.807, 2.05) is 0 Å². The van der Waals surface area contributed by atoms with Crippen LogP contribution in [0, 0.1) is 0 Å². The molecule has 0 heterocycles. The van der Waals surface area contributed by atoms with Crippen molar-refractivity contribution in [3.05, 3.63) is 11.3 Å². The number of carboxylic acids is 5. The molecule has 13 nitrogen and oxygen atoms in total. The summed E-state index contributed by atoms with van der Waals surface area (Å²) in [5, 5.41) is 53.0. The Morgan fingerprint density at radius 2 is 1.26 bits per heavy atom. The zero-order valence-electron chi connectivity index (χ0n) is 10.7. The number of carbonyl (C=O) groups excluding carboxylic acids is 1. The Balaban J connectivity index is 6.52. The average molecular weight is 336 g/mol. The maximum Gasteiger partial charge on any atom is 0.422 e. The van der Waals surface area contributed by atoms with E-state index >= 15 is 0 Å². The molecule has 0 spiro atoms. The van der Waals surface area contributed by atoms with Crippen molar-refractivity contribution in [2.75, 3.05) is 0 Å². The average Bonchev–Trinajstić information content (AvgIpc) is 2.35. The van der Waals surface area contributed by atoms with Crippen molar-refractivity contribution < 1.29 is 64.1 Å². The molecule has 0 amide bonds. The van der Waals surface area contributed by atoms with Crippen LogP contribution >= 0.6 is 0 Å². The lowest BCUT2D eigenvalue weighted by molar-refractivity contribution is -0.167. The minimum Gasteiger partial charge on any atom is -0.481 e. The van der Waals surface area contributed by atoms with Gasteiger partial charge in [-0.25, -0.2) is 24.0 Å². The molecular weight excluding hydrogens is 328 g/mol. The number of carbonyl (C=O) groups is 6. The van der Waals surface area contributed by atoms with Gasteiger partial charge >= 0.3 is 35.8 Å². The molecule has 0 fully saturated rings. The molecule has 0 aliphatic carbocycles. The fourth-order valence-electron chi connectivity index (χ4n) is 1.29. The highest BCUT2D eigenvalue weighted by molar-refractivity contribution is 6.29. The normalized spacial score (nSPS) is 14.0. The summed E-state index contributed by atoms with van der Waals surface area (Å²) < 4.78 is 3.72. The Kier molecular flexibility index (Phi) is 5.93. The Morgan fingerprint density at radius 3 is 1.52 bits per heavy atom. The second kappa shape index (κ2) is 6.99. The van der Waals surface area contributed by atoms with Crippen molar-refractivity contribution in [3.63, 3.8) is 0 Å². The summed E-state index contributed by atoms with van der Waals surface area (Å²) in [5.41, 5.74) is -5.86. The molecule has 1 unspecified atom stereocenters. The summed E-state index contributed by atoms with van der Waals surface area (Å²) >= 11 is 0. The van der Waals surface area contributed by atoms with Gasteiger partial charge in [0.05, 0.1) is 6.42 Å². The van der Waals surface area contributed by atoms with Gasteiger partial charge in [0.1, 0.15) is 5.57 Å². The summed E-state index contributed by atoms with van der Waals surface area (Å²) in [6.45, 7) is 0. The first-order valence-electron chi connectivity index (χ1n) is 5.18. The third kappa shape index (κ3) is 4.50. The van der Waals surface area contributed by atoms with Gasteiger partial charge in [0.2, 0.25) is 11.4 Å². The molecule has 126 valence electrons. The highest BCUT2D eigenvalue weighted by Gasteiger charge is 2.50. The SMILES string of the molecule is O=C(O)CC(O)(C(=O)O)C(C(=O)O)=C(OC(=O)C(=O)O)C(=O)O. The number of hydrogen-bond acceptors (Lipinski definition) is 8. The summed E-state index contributed by atoms with van der Waals surface area (Å²) in [5.74, 6) is -16.1. The van der Waals surface area contributed by atoms with Gasteiger partial charge in [0.25, 0.3) is 0 Å². The molecule has 0 aliphatic rings. The standard InChI is InChI=1S/C10H8O13/c11-2(12)1-10(22,9(20)21)3(5(13)14)4(6(15)16)23-8(19)7(17)18/h22H,1H2,(H,11,12)(H,13,14)(H,15,16)(H,17,18)(H,20,21). The van der Waals surface area contributed by atoms with Crippen molar-refractivity contribution in [2.45, 2.75) is 12.0 Å². The van der Waals surface area contributed by atoms with Gasteiger partial charge in [-0.2, -0.15) is 0 Å². The van der Waals surface area contributed by atoms with Crippen LogP contribution in [-0.4, -0.2) is 72.1 Å². The van der Waals surface area contributed by atoms with Crippen LogP contribution in [-0.2, 0) is 33.5 Å². The minimum atomic E-state index is -3.82. The molecule has 23 heavy (non-hydrogen) atoms. The van der Waals surface area contributed by atoms with Crippen molar-refractivity contribution >= 4 is 35.8 Å². The molecule has 13 heteroatoms. The summed E-state index contributed by atoms with van der Waals surface area (Å²) in [4.78, 5) is 64.7. The molecule has 0 aromatic carbocycles. The van der Waals surface area contributed by atoms with E-state index in [0.29, 0.717) is 0 Å². The molecule has 0 aromatic rings. The van der Waals surface area contributed by atoms with Crippen molar-refractivity contribution in [1.82, 2.24) is 0 Å². The highest BCUT2D eigenvalue weighted by atomic mass is 16.6. The number of esters is 1. The van der Waals surface area contributed by atoms with Crippen LogP contribution in [0.15, 0.2) is 11.3 Å². The number of ether oxygens (including phenoxy) is 1. The van der Waals surface area contributed by atoms with E-state index in [1.54, 1.807) is 0 Å². The fraction of sp³-hybridized carbons (Fsp3) is 0.200. The number of hydrogen-bond donors (Lipinski definition) is 6. The third-order valence-electron chi connectivity index (χ3n) is 2.18. The largest absolute Gasteiger partial charge is 0.481 e. The van der Waals surface area contributed by atoms with Gasteiger partial charge in [-0.3, -0.25) is 4.79 Å². The smallest absolute Gasteiger partial charge is 0.422 e. The molecule has 1 atom stereocenters. The van der Waals surface area contributed by atoms with E-state index in [0.717, 1.165) is 0 Å². The lowest BCUT2D eigenvalue weighted by Gasteiger charge is -2.23. The third-order valence-corrected chi connectivity index (χ3v) is 2.18. The molecule has 0 saturated heterocycles. The van der Waals surface area contributed by atoms with Gasteiger partial charge in [-0.1, -0.05) is 0 Å². The predicted molar refractivity (Wildman–Crippen MR) is 60.9 cm³/mol. The number of aliphatic hydroxyl groups is 1. The first-order chi connectivity index (χ1) is 10.3. The molecule has 6 N–H and O–H groups in total. The van der Waals surface area contributed by atoms with E-state index in [-0.39, 0.29) is 0 Å². The van der Waals surface area contributed by atoms with Crippen LogP contribution in [0.5, 0.6) is 0 Å². The van der Waals surface area contributed by atoms with Crippen molar-refractivity contribution in [2.24, 2.45) is 0 Å². The lowest BCUT2D eigenvalue weighted by atomic mass is 9.89. The molecule has 0 bridgehead atoms. The van der Waals surface area contributed by atoms with Gasteiger partial charge in [-0.05, 0) is 0 Å². The van der Waals surface area contributed by atoms with E-state index in [4.69, 9.17) is 25.5 Å². The van der Waals surface area contributed by atoms with Crippen LogP contribution < -0.4 is 0 Å². The summed E-state index contributed by atoms with van der Waals surface area (Å²) in [7, 11) is 0. The summed E-state index contributed by atoms with van der Waals surface area (Å²) in [6.07, 6.45) is -1.81. The zero-order valence-corrected chi connectivity index (χ0v) is 10.7. The Labute approximate surface area is 124 Å². The predicted octanol–water partition coefficient (Wildman–Crippen LogP) is -2.67. The number of rotatable bonds is 7. The molecular formula is C10H8O13. The van der Waals surface area contributed by atoms with E-state index < -0.39 is 59.2 Å². The second-order valence-corrected chi connectivity index (χ2v) is 3.75. The van der Waals surface area contributed by atoms with Crippen LogP contribution in [0.2, 0.25) is 0 Å². The van der Waals surface area contributed by atoms with E-state index in [9.17, 15) is 33.9 Å². The zero-order chi connectivity index (χ0) is 18.5. The molecule has 0 aliphatic heterocycles. The fourth-order valence-corrected chi connectivity index (χ4v) is 1.29. The quantitative estimate of drug-likeness (QED) is 0.120. The Morgan fingerprint density at radius 1 is 0.783 bits per heavy atom. The minimum absolute atomic E-state index is 1.81.